The number of hydrogen-bond acceptors (Lipinski definition) is 16. The van der Waals surface area contributed by atoms with Gasteiger partial charge in [-0.3, -0.25) is 19.2 Å². The fourth-order valence-electron chi connectivity index (χ4n) is 18.9. The van der Waals surface area contributed by atoms with Crippen LogP contribution in [0.25, 0.3) is 44.1 Å². The number of aryl methyl sites for hydroxylation is 8. The molecule has 9 rings (SSSR count). The van der Waals surface area contributed by atoms with Crippen LogP contribution in [0.2, 0.25) is 0 Å². The molecule has 0 bridgehead atoms. The van der Waals surface area contributed by atoms with Crippen LogP contribution in [0.3, 0.4) is 0 Å². The second-order valence-electron chi connectivity index (χ2n) is 38.8. The summed E-state index contributed by atoms with van der Waals surface area (Å²) < 4.78 is 30.9. The molecule has 142 heavy (non-hydrogen) atoms. The molecule has 4 heterocycles. The van der Waals surface area contributed by atoms with E-state index in [1.807, 2.05) is 28.2 Å². The number of halogens is 8. The van der Waals surface area contributed by atoms with E-state index in [1.165, 1.54) is 199 Å². The van der Waals surface area contributed by atoms with Crippen LogP contribution >= 0.6 is 92.8 Å². The number of esters is 4. The van der Waals surface area contributed by atoms with Crippen molar-refractivity contribution in [2.45, 2.75) is 387 Å². The van der Waals surface area contributed by atoms with Crippen molar-refractivity contribution in [2.75, 3.05) is 132 Å². The van der Waals surface area contributed by atoms with Crippen LogP contribution < -0.4 is 19.6 Å². The Hall–Kier alpha value is -5.84. The van der Waals surface area contributed by atoms with E-state index in [-0.39, 0.29) is 36.1 Å². The molecule has 0 radical (unpaired) electrons. The van der Waals surface area contributed by atoms with Crippen LogP contribution in [0, 0.1) is 0 Å². The highest BCUT2D eigenvalue weighted by atomic mass is 35.5. The maximum absolute atomic E-state index is 12.5. The van der Waals surface area contributed by atoms with Gasteiger partial charge < -0.3 is 56.8 Å². The molecule has 4 aromatic heterocycles. The van der Waals surface area contributed by atoms with Crippen LogP contribution in [0.5, 0.6) is 0 Å². The number of rotatable bonds is 77. The highest BCUT2D eigenvalue weighted by Gasteiger charge is 2.23. The van der Waals surface area contributed by atoms with Gasteiger partial charge in [0.15, 0.2) is 0 Å². The molecule has 1 saturated carbocycles. The lowest BCUT2D eigenvalue weighted by Crippen LogP contribution is -2.27. The number of imidazole rings is 4. The molecule has 0 spiro atoms. The van der Waals surface area contributed by atoms with Crippen molar-refractivity contribution in [2.24, 2.45) is 28.2 Å². The summed E-state index contributed by atoms with van der Waals surface area (Å²) in [4.78, 5) is 77.0. The van der Waals surface area contributed by atoms with Gasteiger partial charge in [-0.2, -0.15) is 0 Å². The molecule has 8 aromatic rings. The van der Waals surface area contributed by atoms with Crippen LogP contribution in [0.4, 0.5) is 22.7 Å². The topological polar surface area (TPSA) is 189 Å². The smallest absolute Gasteiger partial charge is 0.306 e. The molecule has 4 aromatic carbocycles. The minimum atomic E-state index is -0.0939. The minimum Gasteiger partial charge on any atom is -0.466 e. The summed E-state index contributed by atoms with van der Waals surface area (Å²) in [7, 11) is 8.13. The average Bonchev–Trinajstić information content (AvgIpc) is 1.66. The zero-order chi connectivity index (χ0) is 102. The number of fused-ring (bicyclic) bond motifs is 4. The van der Waals surface area contributed by atoms with Crippen LogP contribution in [0.1, 0.15) is 372 Å². The number of hydrogen-bond donors (Lipinski definition) is 0. The minimum absolute atomic E-state index is 0.0714. The van der Waals surface area contributed by atoms with Gasteiger partial charge in [0, 0.05) is 202 Å². The third-order valence-corrected chi connectivity index (χ3v) is 28.8. The molecule has 1 unspecified atom stereocenters. The van der Waals surface area contributed by atoms with E-state index < -0.39 is 0 Å². The number of benzene rings is 4. The van der Waals surface area contributed by atoms with Gasteiger partial charge in [-0.1, -0.05) is 240 Å². The first-order chi connectivity index (χ1) is 69.3. The van der Waals surface area contributed by atoms with Gasteiger partial charge in [0.05, 0.1) is 57.3 Å². The Labute approximate surface area is 896 Å². The quantitative estimate of drug-likeness (QED) is 0.0151. The SMILES string of the molecule is CCCCCC(CCCC)OC(=O)CCCc1nc2cc(N(CCCl)CCCl)ccc2n1C.CCCCCCCCCCCCCCCCCCOC(=O)CCCc1nc2cc(N(CCCl)CCCl)ccc2n1C.CCCCCCCCCCCCCCCCOC(=O)CCCc1nc2cc(N(CCCl)CCCl)ccc2n1C.Cn1c(CCCC(=O)OC2CCCCC2)nc2cc(N(CCCl)CCCl)ccc21. The largest absolute Gasteiger partial charge is 0.466 e. The molecule has 0 N–H and O–H groups in total. The molecule has 28 heteroatoms. The Bertz CT molecular complexity index is 4630. The molecule has 1 fully saturated rings. The summed E-state index contributed by atoms with van der Waals surface area (Å²) in [6, 6.07) is 25.2. The van der Waals surface area contributed by atoms with Crippen molar-refractivity contribution >= 4 is 184 Å². The Morgan fingerprint density at radius 2 is 0.542 bits per heavy atom. The Morgan fingerprint density at radius 3 is 0.810 bits per heavy atom. The summed E-state index contributed by atoms with van der Waals surface area (Å²) in [5.74, 6) is 8.05. The second kappa shape index (κ2) is 78.4. The van der Waals surface area contributed by atoms with Crippen LogP contribution in [0.15, 0.2) is 72.8 Å². The monoisotopic (exact) mass is 2130 g/mol. The summed E-state index contributed by atoms with van der Waals surface area (Å²) in [6.07, 6.45) is 61.4. The first kappa shape index (κ1) is 125. The lowest BCUT2D eigenvalue weighted by molar-refractivity contribution is -0.151. The lowest BCUT2D eigenvalue weighted by atomic mass is 9.98. The van der Waals surface area contributed by atoms with Crippen molar-refractivity contribution in [3.8, 4) is 0 Å². The van der Waals surface area contributed by atoms with Crippen LogP contribution in [-0.4, -0.2) is 187 Å². The summed E-state index contributed by atoms with van der Waals surface area (Å²) in [5.41, 5.74) is 12.5. The predicted octanol–water partition coefficient (Wildman–Crippen LogP) is 31.1. The van der Waals surface area contributed by atoms with E-state index in [0.29, 0.717) is 85.9 Å². The van der Waals surface area contributed by atoms with E-state index in [2.05, 4.69) is 138 Å². The second-order valence-corrected chi connectivity index (χ2v) is 41.8. The number of alkyl halides is 8. The number of ether oxygens (including phenoxy) is 4. The fraction of sp³-hybridized carbons (Fsp3) is 0.719. The fourth-order valence-corrected chi connectivity index (χ4v) is 20.6. The van der Waals surface area contributed by atoms with Gasteiger partial charge >= 0.3 is 23.9 Å². The first-order valence-electron chi connectivity index (χ1n) is 55.4. The van der Waals surface area contributed by atoms with Crippen LogP contribution in [-0.2, 0) is 92.0 Å². The number of aromatic nitrogens is 8. The van der Waals surface area contributed by atoms with E-state index in [0.717, 1.165) is 265 Å². The number of unbranched alkanes of at least 4 members (excludes halogenated alkanes) is 31. The molecule has 0 aliphatic heterocycles. The zero-order valence-electron chi connectivity index (χ0n) is 88.7. The van der Waals surface area contributed by atoms with Gasteiger partial charge in [-0.05, 0) is 156 Å². The lowest BCUT2D eigenvalue weighted by Gasteiger charge is -2.22. The third-order valence-electron chi connectivity index (χ3n) is 27.4. The maximum atomic E-state index is 12.5. The standard InChI is InChI=1S/C34H57Cl2N3O2.C32H53Cl2N3O2.C26H41Cl2N3O2.C22H31Cl2N3O2/c1-3-4-5-6-7-8-9-10-11-12-13-14-15-16-17-18-28-41-34(40)21-19-20-33-37-31-29-30(22-23-32(31)38(33)2)39(26-24-35)27-25-36;1-3-4-5-6-7-8-9-10-11-12-13-14-15-16-26-39-32(38)19-17-18-31-35-29-27-28(20-21-30(29)36(31)2)37(24-22-33)25-23-34;1-4-6-8-11-22(10-7-5-2)33-26(32)13-9-12-25-29-23-20-21(14-15-24(23)30(25)3)31(18-16-27)19-17-28;1-26-20-11-10-17(27(14-12-23)15-13-24)16-19(20)25-21(26)8-5-9-22(28)29-18-6-3-2-4-7-18/h22-23,29H,3-21,24-28H2,1-2H3;20-21,27H,3-19,22-26H2,1-2H3;14-15,20,22H,4-13,16-19H2,1-3H3;10-11,16,18H,2-9,12-15H2,1H3. The van der Waals surface area contributed by atoms with Gasteiger partial charge in [0.25, 0.3) is 0 Å². The van der Waals surface area contributed by atoms with Crippen molar-refractivity contribution in [3.05, 3.63) is 96.1 Å². The number of nitrogens with zero attached hydrogens (tertiary/aromatic N) is 12. The normalized spacial score (nSPS) is 12.3. The van der Waals surface area contributed by atoms with E-state index in [9.17, 15) is 19.2 Å². The highest BCUT2D eigenvalue weighted by molar-refractivity contribution is 6.20. The molecule has 0 amide bonds. The Kier molecular flexibility index (Phi) is 68.9. The van der Waals surface area contributed by atoms with Gasteiger partial charge in [0.2, 0.25) is 0 Å². The summed E-state index contributed by atoms with van der Waals surface area (Å²) >= 11 is 47.7. The Morgan fingerprint density at radius 1 is 0.303 bits per heavy atom. The molecular formula is C114H182Cl8N12O8. The zero-order valence-corrected chi connectivity index (χ0v) is 94.7. The molecular weight excluding hydrogens is 1950 g/mol. The van der Waals surface area contributed by atoms with Gasteiger partial charge in [-0.15, -0.1) is 92.8 Å². The van der Waals surface area contributed by atoms with E-state index in [4.69, 9.17) is 132 Å². The van der Waals surface area contributed by atoms with Crippen molar-refractivity contribution in [1.82, 2.24) is 38.2 Å². The van der Waals surface area contributed by atoms with Crippen molar-refractivity contribution in [1.29, 1.82) is 0 Å². The summed E-state index contributed by atoms with van der Waals surface area (Å²) in [6.45, 7) is 16.0. The molecule has 1 aliphatic carbocycles. The maximum Gasteiger partial charge on any atom is 0.306 e. The third kappa shape index (κ3) is 49.5. The average molecular weight is 2130 g/mol. The molecule has 802 valence electrons. The Balaban J connectivity index is 0.000000292. The molecule has 1 aliphatic rings. The molecule has 20 nitrogen and oxygen atoms in total. The number of carbonyl (C=O) groups excluding carboxylic acids is 4. The van der Waals surface area contributed by atoms with E-state index in [1.54, 1.807) is 0 Å². The number of anilines is 4. The first-order valence-corrected chi connectivity index (χ1v) is 59.6. The predicted molar refractivity (Wildman–Crippen MR) is 608 cm³/mol. The van der Waals surface area contributed by atoms with E-state index >= 15 is 0 Å². The van der Waals surface area contributed by atoms with Gasteiger partial charge in [-0.25, -0.2) is 19.9 Å². The van der Waals surface area contributed by atoms with Gasteiger partial charge in [0.1, 0.15) is 35.5 Å². The van der Waals surface area contributed by atoms with Crippen molar-refractivity contribution < 1.29 is 38.1 Å². The number of carbonyl (C=O) groups is 4. The molecule has 0 saturated heterocycles. The summed E-state index contributed by atoms with van der Waals surface area (Å²) in [5, 5.41) is 0. The molecule has 1 atom stereocenters. The highest BCUT2D eigenvalue weighted by Crippen LogP contribution is 2.31. The van der Waals surface area contributed by atoms with Crippen molar-refractivity contribution in [3.63, 3.8) is 0 Å².